The molecule has 0 aromatic heterocycles. The molecule has 0 radical (unpaired) electrons. The summed E-state index contributed by atoms with van der Waals surface area (Å²) < 4.78 is 4.79. The van der Waals surface area contributed by atoms with E-state index in [4.69, 9.17) is 22.7 Å². The van der Waals surface area contributed by atoms with Crippen LogP contribution in [0.1, 0.15) is 26.2 Å². The molecule has 1 amide bonds. The van der Waals surface area contributed by atoms with Crippen molar-refractivity contribution in [1.82, 2.24) is 4.90 Å². The van der Waals surface area contributed by atoms with Gasteiger partial charge < -0.3 is 15.4 Å². The normalized spacial score (nSPS) is 16.1. The van der Waals surface area contributed by atoms with Gasteiger partial charge in [-0.05, 0) is 19.8 Å². The Hall–Kier alpha value is -1.17. The first-order valence-corrected chi connectivity index (χ1v) is 6.06. The molecule has 2 N–H and O–H groups in total. The summed E-state index contributed by atoms with van der Waals surface area (Å²) >= 11 is 4.91. The number of carbonyl (C=O) groups is 2. The number of nitrogens with two attached hydrogens (primary N) is 1. The Balaban J connectivity index is 2.43. The van der Waals surface area contributed by atoms with Gasteiger partial charge in [-0.2, -0.15) is 0 Å². The van der Waals surface area contributed by atoms with Gasteiger partial charge in [0.25, 0.3) is 0 Å². The number of ether oxygens (including phenoxy) is 1. The van der Waals surface area contributed by atoms with E-state index in [1.165, 1.54) is 4.90 Å². The van der Waals surface area contributed by atoms with E-state index >= 15 is 0 Å². The molecule has 0 aromatic carbocycles. The van der Waals surface area contributed by atoms with Gasteiger partial charge in [0.2, 0.25) is 5.91 Å². The smallest absolute Gasteiger partial charge is 0.307 e. The highest BCUT2D eigenvalue weighted by molar-refractivity contribution is 7.80. The van der Waals surface area contributed by atoms with E-state index in [0.717, 1.165) is 0 Å². The zero-order valence-corrected chi connectivity index (χ0v) is 11.0. The van der Waals surface area contributed by atoms with Crippen LogP contribution in [0.15, 0.2) is 0 Å². The van der Waals surface area contributed by atoms with Gasteiger partial charge in [0.15, 0.2) is 0 Å². The average molecular weight is 258 g/mol. The molecule has 0 aliphatic heterocycles. The molecule has 0 heterocycles. The highest BCUT2D eigenvalue weighted by Gasteiger charge is 2.53. The second-order valence-electron chi connectivity index (χ2n) is 4.23. The largest absolute Gasteiger partial charge is 0.466 e. The summed E-state index contributed by atoms with van der Waals surface area (Å²) in [6, 6.07) is 0. The fourth-order valence-electron chi connectivity index (χ4n) is 1.65. The summed E-state index contributed by atoms with van der Waals surface area (Å²) in [5.74, 6) is -0.387. The Morgan fingerprint density at radius 2 is 2.06 bits per heavy atom. The van der Waals surface area contributed by atoms with Crippen molar-refractivity contribution < 1.29 is 14.3 Å². The summed E-state index contributed by atoms with van der Waals surface area (Å²) in [6.45, 7) is 2.44. The van der Waals surface area contributed by atoms with Crippen LogP contribution >= 0.6 is 12.2 Å². The zero-order valence-electron chi connectivity index (χ0n) is 10.2. The molecular formula is C11H18N2O3S. The number of thiocarbonyl (C=S) groups is 1. The summed E-state index contributed by atoms with van der Waals surface area (Å²) in [5.41, 5.74) is 4.93. The number of hydrogen-bond acceptors (Lipinski definition) is 4. The van der Waals surface area contributed by atoms with Crippen LogP contribution in [0.5, 0.6) is 0 Å². The minimum Gasteiger partial charge on any atom is -0.466 e. The summed E-state index contributed by atoms with van der Waals surface area (Å²) in [7, 11) is 1.65. The molecule has 0 atom stereocenters. The van der Waals surface area contributed by atoms with Crippen LogP contribution in [-0.2, 0) is 14.3 Å². The fourth-order valence-corrected chi connectivity index (χ4v) is 1.94. The van der Waals surface area contributed by atoms with Gasteiger partial charge in [0.05, 0.1) is 23.4 Å². The SMILES string of the molecule is CCOC(=O)CCN(C)C(=O)C1(C(N)=S)CC1. The second kappa shape index (κ2) is 5.44. The Morgan fingerprint density at radius 1 is 1.47 bits per heavy atom. The first-order chi connectivity index (χ1) is 7.94. The predicted molar refractivity (Wildman–Crippen MR) is 67.3 cm³/mol. The van der Waals surface area contributed by atoms with Crippen LogP contribution in [-0.4, -0.2) is 42.0 Å². The second-order valence-corrected chi connectivity index (χ2v) is 4.67. The molecule has 0 saturated heterocycles. The highest BCUT2D eigenvalue weighted by Crippen LogP contribution is 2.47. The van der Waals surface area contributed by atoms with Crippen molar-refractivity contribution in [3.05, 3.63) is 0 Å². The van der Waals surface area contributed by atoms with Gasteiger partial charge in [0.1, 0.15) is 0 Å². The van der Waals surface area contributed by atoms with Crippen LogP contribution in [0.25, 0.3) is 0 Å². The van der Waals surface area contributed by atoms with Gasteiger partial charge in [-0.3, -0.25) is 9.59 Å². The molecule has 0 aromatic rings. The molecule has 17 heavy (non-hydrogen) atoms. The molecule has 1 aliphatic rings. The van der Waals surface area contributed by atoms with Crippen molar-refractivity contribution in [3.63, 3.8) is 0 Å². The third-order valence-electron chi connectivity index (χ3n) is 2.93. The molecule has 6 heteroatoms. The van der Waals surface area contributed by atoms with Crippen LogP contribution < -0.4 is 5.73 Å². The summed E-state index contributed by atoms with van der Waals surface area (Å²) in [5, 5.41) is 0. The summed E-state index contributed by atoms with van der Waals surface area (Å²) in [4.78, 5) is 25.0. The lowest BCUT2D eigenvalue weighted by Crippen LogP contribution is -2.41. The van der Waals surface area contributed by atoms with E-state index in [-0.39, 0.29) is 23.3 Å². The zero-order chi connectivity index (χ0) is 13.1. The van der Waals surface area contributed by atoms with E-state index in [1.54, 1.807) is 14.0 Å². The van der Waals surface area contributed by atoms with Crippen molar-refractivity contribution >= 4 is 29.1 Å². The van der Waals surface area contributed by atoms with E-state index in [1.807, 2.05) is 0 Å². The lowest BCUT2D eigenvalue weighted by Gasteiger charge is -2.22. The van der Waals surface area contributed by atoms with Crippen LogP contribution in [0.3, 0.4) is 0 Å². The van der Waals surface area contributed by atoms with Crippen LogP contribution in [0.2, 0.25) is 0 Å². The monoisotopic (exact) mass is 258 g/mol. The van der Waals surface area contributed by atoms with E-state index in [9.17, 15) is 9.59 Å². The van der Waals surface area contributed by atoms with Gasteiger partial charge in [-0.25, -0.2) is 0 Å². The van der Waals surface area contributed by atoms with Crippen molar-refractivity contribution in [3.8, 4) is 0 Å². The maximum Gasteiger partial charge on any atom is 0.307 e. The lowest BCUT2D eigenvalue weighted by molar-refractivity contribution is -0.144. The molecule has 1 fully saturated rings. The van der Waals surface area contributed by atoms with Gasteiger partial charge in [0, 0.05) is 13.6 Å². The van der Waals surface area contributed by atoms with Crippen LogP contribution in [0.4, 0.5) is 0 Å². The first-order valence-electron chi connectivity index (χ1n) is 5.65. The number of carbonyl (C=O) groups excluding carboxylic acids is 2. The van der Waals surface area contributed by atoms with E-state index in [0.29, 0.717) is 26.0 Å². The molecule has 96 valence electrons. The Bertz CT molecular complexity index is 340. The minimum absolute atomic E-state index is 0.0886. The fraction of sp³-hybridized carbons (Fsp3) is 0.727. The van der Waals surface area contributed by atoms with Crippen molar-refractivity contribution in [2.75, 3.05) is 20.2 Å². The molecule has 1 saturated carbocycles. The molecule has 1 aliphatic carbocycles. The third kappa shape index (κ3) is 3.15. The number of amides is 1. The molecule has 0 spiro atoms. The topological polar surface area (TPSA) is 72.6 Å². The molecule has 0 bridgehead atoms. The van der Waals surface area contributed by atoms with E-state index < -0.39 is 5.41 Å². The average Bonchev–Trinajstić information content (AvgIpc) is 3.06. The predicted octanol–water partition coefficient (Wildman–Crippen LogP) is 0.464. The van der Waals surface area contributed by atoms with Gasteiger partial charge in [-0.15, -0.1) is 0 Å². The van der Waals surface area contributed by atoms with Gasteiger partial charge >= 0.3 is 5.97 Å². The number of nitrogens with zero attached hydrogens (tertiary/aromatic N) is 1. The third-order valence-corrected chi connectivity index (χ3v) is 3.33. The molecular weight excluding hydrogens is 240 g/mol. The highest BCUT2D eigenvalue weighted by atomic mass is 32.1. The number of esters is 1. The molecule has 5 nitrogen and oxygen atoms in total. The van der Waals surface area contributed by atoms with Crippen molar-refractivity contribution in [2.24, 2.45) is 11.1 Å². The molecule has 1 rings (SSSR count). The number of rotatable bonds is 6. The maximum atomic E-state index is 12.0. The Morgan fingerprint density at radius 3 is 2.47 bits per heavy atom. The van der Waals surface area contributed by atoms with Gasteiger partial charge in [-0.1, -0.05) is 12.2 Å². The first kappa shape index (κ1) is 13.9. The van der Waals surface area contributed by atoms with E-state index in [2.05, 4.69) is 0 Å². The maximum absolute atomic E-state index is 12.0. The lowest BCUT2D eigenvalue weighted by atomic mass is 10.1. The van der Waals surface area contributed by atoms with Crippen molar-refractivity contribution in [2.45, 2.75) is 26.2 Å². The Labute approximate surface area is 106 Å². The quantitative estimate of drug-likeness (QED) is 0.553. The Kier molecular flexibility index (Phi) is 4.45. The minimum atomic E-state index is -0.640. The molecule has 0 unspecified atom stereocenters. The summed E-state index contributed by atoms with van der Waals surface area (Å²) in [6.07, 6.45) is 1.62. The number of hydrogen-bond donors (Lipinski definition) is 1. The standard InChI is InChI=1S/C11H18N2O3S/c1-3-16-8(14)4-7-13(2)10(15)11(5-6-11)9(12)17/h3-7H2,1-2H3,(H2,12,17). The van der Waals surface area contributed by atoms with Crippen LogP contribution in [0, 0.1) is 5.41 Å². The van der Waals surface area contributed by atoms with Crippen molar-refractivity contribution in [1.29, 1.82) is 0 Å².